The number of nitrogens with one attached hydrogen (secondary N) is 2. The van der Waals surface area contributed by atoms with Crippen LogP contribution < -0.4 is 11.2 Å². The Balaban J connectivity index is 1.26. The number of aryl methyl sites for hydroxylation is 1. The van der Waals surface area contributed by atoms with Gasteiger partial charge in [0.1, 0.15) is 22.9 Å². The molecule has 0 spiro atoms. The van der Waals surface area contributed by atoms with Gasteiger partial charge in [0.2, 0.25) is 0 Å². The smallest absolute Gasteiger partial charge is 0.331 e. The first-order valence-corrected chi connectivity index (χ1v) is 17.7. The minimum absolute atomic E-state index is 0.0705. The van der Waals surface area contributed by atoms with E-state index < -0.39 is 11.6 Å². The van der Waals surface area contributed by atoms with Crippen LogP contribution in [-0.4, -0.2) is 73.8 Å². The van der Waals surface area contributed by atoms with Crippen molar-refractivity contribution in [3.63, 3.8) is 0 Å². The summed E-state index contributed by atoms with van der Waals surface area (Å²) in [5.74, 6) is 0.842. The highest BCUT2D eigenvalue weighted by atomic mass is 19.1. The quantitative estimate of drug-likeness (QED) is 0.102. The molecule has 2 fully saturated rings. The number of hydrogen-bond acceptors (Lipinski definition) is 7. The summed E-state index contributed by atoms with van der Waals surface area (Å²) in [4.78, 5) is 53.6. The van der Waals surface area contributed by atoms with Crippen LogP contribution in [0.4, 0.5) is 4.39 Å². The normalized spacial score (nSPS) is 22.0. The predicted octanol–water partition coefficient (Wildman–Crippen LogP) is 4.85. The molecule has 8 rings (SSSR count). The summed E-state index contributed by atoms with van der Waals surface area (Å²) in [6.07, 6.45) is 6.17. The van der Waals surface area contributed by atoms with Crippen LogP contribution in [0, 0.1) is 18.7 Å². The molecule has 2 aromatic carbocycles. The van der Waals surface area contributed by atoms with E-state index in [0.29, 0.717) is 60.4 Å². The lowest BCUT2D eigenvalue weighted by atomic mass is 9.91. The highest BCUT2D eigenvalue weighted by Gasteiger charge is 2.59. The zero-order chi connectivity index (χ0) is 36.3. The van der Waals surface area contributed by atoms with Gasteiger partial charge < -0.3 is 24.0 Å². The van der Waals surface area contributed by atoms with Gasteiger partial charge in [0.15, 0.2) is 5.84 Å². The lowest BCUT2D eigenvalue weighted by molar-refractivity contribution is -0.132. The van der Waals surface area contributed by atoms with Gasteiger partial charge in [-0.05, 0) is 92.5 Å². The Morgan fingerprint density at radius 2 is 1.96 bits per heavy atom. The van der Waals surface area contributed by atoms with Gasteiger partial charge in [-0.25, -0.2) is 19.3 Å². The molecule has 2 aliphatic heterocycles. The minimum atomic E-state index is -0.760. The average Bonchev–Trinajstić information content (AvgIpc) is 3.48. The van der Waals surface area contributed by atoms with Gasteiger partial charge in [-0.1, -0.05) is 13.0 Å². The number of ether oxygens (including phenoxy) is 1. The maximum atomic E-state index is 15.1. The van der Waals surface area contributed by atoms with Gasteiger partial charge in [-0.15, -0.1) is 0 Å². The third-order valence-corrected chi connectivity index (χ3v) is 11.2. The van der Waals surface area contributed by atoms with Gasteiger partial charge in [-0.2, -0.15) is 5.10 Å². The Morgan fingerprint density at radius 1 is 1.17 bits per heavy atom. The molecule has 3 atom stereocenters. The summed E-state index contributed by atoms with van der Waals surface area (Å²) in [5.41, 5.74) is 6.72. The number of fused-ring (bicyclic) bond motifs is 2. The summed E-state index contributed by atoms with van der Waals surface area (Å²) >= 11 is 0. The number of aliphatic imine (C=N–C) groups is 1. The molecule has 13 nitrogen and oxygen atoms in total. The van der Waals surface area contributed by atoms with Crippen molar-refractivity contribution in [1.82, 2.24) is 34.3 Å². The van der Waals surface area contributed by atoms with E-state index in [1.165, 1.54) is 16.2 Å². The van der Waals surface area contributed by atoms with Gasteiger partial charge in [0, 0.05) is 62.1 Å². The zero-order valence-electron chi connectivity index (χ0n) is 29.6. The largest absolute Gasteiger partial charge is 0.381 e. The molecule has 3 aromatic heterocycles. The molecular weight excluding hydrogens is 667 g/mol. The van der Waals surface area contributed by atoms with Crippen LogP contribution in [-0.2, 0) is 26.3 Å². The fourth-order valence-corrected chi connectivity index (χ4v) is 8.41. The fourth-order valence-electron chi connectivity index (χ4n) is 8.41. The summed E-state index contributed by atoms with van der Waals surface area (Å²) in [7, 11) is 1.64. The number of carbonyl (C=O) groups excluding carboxylic acids is 2. The molecule has 5 aromatic rings. The molecule has 2 N–H and O–H groups in total. The lowest BCUT2D eigenvalue weighted by Gasteiger charge is -2.34. The molecule has 0 bridgehead atoms. The van der Waals surface area contributed by atoms with E-state index in [4.69, 9.17) is 14.7 Å². The Labute approximate surface area is 299 Å². The third kappa shape index (κ3) is 5.26. The van der Waals surface area contributed by atoms with E-state index in [9.17, 15) is 14.0 Å². The number of aromatic amines is 1. The Hall–Kier alpha value is -5.50. The standard InChI is InChI=1S/C38H41FN8O5/c1-22-17-28(6-7-29(22)39)47-34(45-14-12-41-37(45)50)33-24(3)44(13-9-30(33)42-47)35(49)32-19-27-18-26(25-10-15-51-16-11-25)5-8-31(27)46(32)38(20-23(38)2)36(40-4)43-52-21-48/h5-8,12,14,17-19,21,23-25H,9-11,13,15-16,20H2,1-4H3,(H,40,43)(H,41,50)/t23?,24-,38-/m0/s1. The number of aromatic nitrogens is 5. The molecule has 1 saturated heterocycles. The van der Waals surface area contributed by atoms with Crippen molar-refractivity contribution >= 4 is 29.1 Å². The molecule has 0 radical (unpaired) electrons. The van der Waals surface area contributed by atoms with Crippen LogP contribution >= 0.6 is 0 Å². The Kier molecular flexibility index (Phi) is 8.36. The number of nitrogens with zero attached hydrogens (tertiary/aromatic N) is 6. The maximum absolute atomic E-state index is 15.1. The number of hydroxylamine groups is 1. The van der Waals surface area contributed by atoms with E-state index in [2.05, 4.69) is 45.1 Å². The van der Waals surface area contributed by atoms with Crippen molar-refractivity contribution in [3.8, 4) is 11.5 Å². The lowest BCUT2D eigenvalue weighted by Crippen LogP contribution is -2.44. The molecule has 1 aliphatic carbocycles. The highest BCUT2D eigenvalue weighted by molar-refractivity contribution is 6.03. The number of hydrogen-bond donors (Lipinski definition) is 2. The molecule has 52 heavy (non-hydrogen) atoms. The number of benzene rings is 2. The number of halogens is 1. The Bertz CT molecular complexity index is 2300. The van der Waals surface area contributed by atoms with Gasteiger partial charge in [0.05, 0.1) is 17.4 Å². The SMILES string of the molecule is CN=C(NOC=O)[C@]1(n2c(C(=O)N3CCc4nn(-c5ccc(F)c(C)c5)c(-n5cc[nH]c5=O)c4[C@@H]3C)cc3cc(C4CCOCC4)ccc32)CC1C. The van der Waals surface area contributed by atoms with Gasteiger partial charge >= 0.3 is 12.2 Å². The van der Waals surface area contributed by atoms with Gasteiger partial charge in [-0.3, -0.25) is 19.1 Å². The monoisotopic (exact) mass is 708 g/mol. The second kappa shape index (κ2) is 12.9. The molecule has 5 heterocycles. The van der Waals surface area contributed by atoms with Crippen molar-refractivity contribution in [2.45, 2.75) is 64.0 Å². The maximum Gasteiger partial charge on any atom is 0.331 e. The number of rotatable bonds is 8. The summed E-state index contributed by atoms with van der Waals surface area (Å²) < 4.78 is 25.2. The molecule has 270 valence electrons. The first kappa shape index (κ1) is 33.6. The van der Waals surface area contributed by atoms with Crippen LogP contribution in [0.5, 0.6) is 0 Å². The van der Waals surface area contributed by atoms with Crippen LogP contribution in [0.1, 0.15) is 77.9 Å². The highest BCUT2D eigenvalue weighted by Crippen LogP contribution is 2.53. The van der Waals surface area contributed by atoms with E-state index in [-0.39, 0.29) is 23.3 Å². The zero-order valence-corrected chi connectivity index (χ0v) is 29.6. The van der Waals surface area contributed by atoms with Crippen molar-refractivity contribution in [3.05, 3.63) is 99.2 Å². The second-order valence-corrected chi connectivity index (χ2v) is 14.1. The van der Waals surface area contributed by atoms with Crippen molar-refractivity contribution in [1.29, 1.82) is 0 Å². The number of carbonyl (C=O) groups is 2. The number of imidazole rings is 1. The minimum Gasteiger partial charge on any atom is -0.381 e. The van der Waals surface area contributed by atoms with E-state index in [0.717, 1.165) is 48.2 Å². The molecule has 3 aliphatic rings. The molecule has 1 amide bonds. The van der Waals surface area contributed by atoms with Crippen LogP contribution in [0.3, 0.4) is 0 Å². The van der Waals surface area contributed by atoms with E-state index >= 15 is 4.79 Å². The average molecular weight is 709 g/mol. The summed E-state index contributed by atoms with van der Waals surface area (Å²) in [5, 5.41) is 5.87. The van der Waals surface area contributed by atoms with Crippen molar-refractivity contribution in [2.75, 3.05) is 26.8 Å². The molecule has 1 saturated carbocycles. The second-order valence-electron chi connectivity index (χ2n) is 14.1. The summed E-state index contributed by atoms with van der Waals surface area (Å²) in [6, 6.07) is 12.6. The predicted molar refractivity (Wildman–Crippen MR) is 191 cm³/mol. The first-order valence-electron chi connectivity index (χ1n) is 17.7. The van der Waals surface area contributed by atoms with E-state index in [1.54, 1.807) is 43.2 Å². The number of H-pyrrole nitrogens is 1. The topological polar surface area (TPSA) is 141 Å². The van der Waals surface area contributed by atoms with Crippen LogP contribution in [0.25, 0.3) is 22.4 Å². The van der Waals surface area contributed by atoms with Crippen molar-refractivity contribution in [2.24, 2.45) is 10.9 Å². The number of amides is 1. The third-order valence-electron chi connectivity index (χ3n) is 11.2. The molecule has 14 heteroatoms. The Morgan fingerprint density at radius 3 is 2.63 bits per heavy atom. The van der Waals surface area contributed by atoms with E-state index in [1.807, 2.05) is 17.9 Å². The van der Waals surface area contributed by atoms with Crippen LogP contribution in [0.2, 0.25) is 0 Å². The first-order chi connectivity index (χ1) is 25.2. The van der Waals surface area contributed by atoms with Crippen molar-refractivity contribution < 1.29 is 23.6 Å². The molecular formula is C38H41FN8O5. The number of amidine groups is 1. The van der Waals surface area contributed by atoms with Gasteiger partial charge in [0.25, 0.3) is 5.91 Å². The van der Waals surface area contributed by atoms with Crippen LogP contribution in [0.15, 0.2) is 64.6 Å². The summed E-state index contributed by atoms with van der Waals surface area (Å²) in [6.45, 7) is 7.86. The fraction of sp³-hybridized carbons (Fsp3) is 0.395. The molecule has 1 unspecified atom stereocenters.